The number of nitrogens with zero attached hydrogens (tertiary/aromatic N) is 1. The Kier molecular flexibility index (Phi) is 7.64. The predicted molar refractivity (Wildman–Crippen MR) is 107 cm³/mol. The van der Waals surface area contributed by atoms with Gasteiger partial charge in [0.2, 0.25) is 11.8 Å². The molecule has 0 saturated heterocycles. The van der Waals surface area contributed by atoms with Crippen LogP contribution in [0.15, 0.2) is 48.5 Å². The summed E-state index contributed by atoms with van der Waals surface area (Å²) >= 11 is 5.98. The van der Waals surface area contributed by atoms with E-state index in [0.29, 0.717) is 16.5 Å². The number of likely N-dealkylation sites (N-methyl/N-ethyl adjacent to an activating group) is 1. The summed E-state index contributed by atoms with van der Waals surface area (Å²) in [5.74, 6) is 0.288. The first-order valence-electron chi connectivity index (χ1n) is 8.54. The molecule has 2 aromatic carbocycles. The molecule has 0 fully saturated rings. The van der Waals surface area contributed by atoms with E-state index in [1.54, 1.807) is 49.4 Å². The van der Waals surface area contributed by atoms with E-state index in [1.807, 2.05) is 25.1 Å². The highest BCUT2D eigenvalue weighted by atomic mass is 35.5. The second-order valence-electron chi connectivity index (χ2n) is 6.30. The van der Waals surface area contributed by atoms with Gasteiger partial charge in [0.05, 0.1) is 26.2 Å². The summed E-state index contributed by atoms with van der Waals surface area (Å²) in [4.78, 5) is 26.0. The molecule has 0 aliphatic carbocycles. The molecule has 1 atom stereocenters. The monoisotopic (exact) mass is 389 g/mol. The van der Waals surface area contributed by atoms with Gasteiger partial charge in [-0.1, -0.05) is 29.8 Å². The molecule has 0 bridgehead atoms. The van der Waals surface area contributed by atoms with Crippen molar-refractivity contribution in [3.8, 4) is 5.75 Å². The lowest BCUT2D eigenvalue weighted by molar-refractivity contribution is -0.123. The summed E-state index contributed by atoms with van der Waals surface area (Å²) in [7, 11) is 3.28. The van der Waals surface area contributed by atoms with Gasteiger partial charge in [-0.25, -0.2) is 0 Å². The Morgan fingerprint density at radius 2 is 1.81 bits per heavy atom. The van der Waals surface area contributed by atoms with Gasteiger partial charge >= 0.3 is 0 Å². The summed E-state index contributed by atoms with van der Waals surface area (Å²) in [5, 5.41) is 6.32. The minimum atomic E-state index is -0.207. The van der Waals surface area contributed by atoms with Crippen LogP contribution in [0.3, 0.4) is 0 Å². The van der Waals surface area contributed by atoms with Gasteiger partial charge in [-0.15, -0.1) is 0 Å². The van der Waals surface area contributed by atoms with Crippen molar-refractivity contribution in [3.63, 3.8) is 0 Å². The maximum atomic E-state index is 12.2. The number of ether oxygens (including phenoxy) is 1. The summed E-state index contributed by atoms with van der Waals surface area (Å²) in [6.07, 6.45) is 0. The first-order valence-corrected chi connectivity index (χ1v) is 8.92. The number of nitrogens with one attached hydrogen (secondary N) is 2. The van der Waals surface area contributed by atoms with Crippen LogP contribution < -0.4 is 15.4 Å². The summed E-state index contributed by atoms with van der Waals surface area (Å²) in [5.41, 5.74) is 1.57. The molecule has 2 N–H and O–H groups in total. The Bertz CT molecular complexity index is 798. The summed E-state index contributed by atoms with van der Waals surface area (Å²) in [6.45, 7) is 2.09. The highest BCUT2D eigenvalue weighted by molar-refractivity contribution is 6.30. The van der Waals surface area contributed by atoms with Gasteiger partial charge < -0.3 is 15.4 Å². The minimum absolute atomic E-state index is 0.0934. The van der Waals surface area contributed by atoms with E-state index in [1.165, 1.54) is 0 Å². The smallest absolute Gasteiger partial charge is 0.238 e. The first-order chi connectivity index (χ1) is 12.9. The number of hydrogen-bond acceptors (Lipinski definition) is 4. The third-order valence-electron chi connectivity index (χ3n) is 3.91. The molecule has 144 valence electrons. The lowest BCUT2D eigenvalue weighted by Crippen LogP contribution is -2.39. The van der Waals surface area contributed by atoms with Crippen LogP contribution in [0.25, 0.3) is 0 Å². The number of methoxy groups -OCH3 is 1. The normalized spacial score (nSPS) is 11.7. The lowest BCUT2D eigenvalue weighted by Gasteiger charge is -2.19. The average Bonchev–Trinajstić information content (AvgIpc) is 2.61. The highest BCUT2D eigenvalue weighted by Gasteiger charge is 2.14. The molecule has 0 spiro atoms. The Morgan fingerprint density at radius 3 is 2.52 bits per heavy atom. The number of carbonyl (C=O) groups excluding carboxylic acids is 2. The van der Waals surface area contributed by atoms with Gasteiger partial charge in [0.15, 0.2) is 0 Å². The van der Waals surface area contributed by atoms with Crippen molar-refractivity contribution in [2.75, 3.05) is 32.6 Å². The highest BCUT2D eigenvalue weighted by Crippen LogP contribution is 2.18. The number of halogens is 1. The van der Waals surface area contributed by atoms with Crippen LogP contribution in [0.5, 0.6) is 5.75 Å². The van der Waals surface area contributed by atoms with Gasteiger partial charge in [0.25, 0.3) is 0 Å². The molecule has 0 aliphatic heterocycles. The second kappa shape index (κ2) is 9.94. The van der Waals surface area contributed by atoms with Gasteiger partial charge in [0, 0.05) is 16.8 Å². The molecule has 0 saturated carbocycles. The molecule has 2 aromatic rings. The van der Waals surface area contributed by atoms with Crippen LogP contribution in [0.2, 0.25) is 5.02 Å². The first kappa shape index (κ1) is 20.7. The zero-order valence-electron chi connectivity index (χ0n) is 15.7. The third-order valence-corrected chi connectivity index (χ3v) is 4.14. The van der Waals surface area contributed by atoms with Crippen molar-refractivity contribution in [3.05, 3.63) is 59.1 Å². The van der Waals surface area contributed by atoms with E-state index >= 15 is 0 Å². The molecule has 0 heterocycles. The molecule has 0 aliphatic rings. The number of hydrogen-bond donors (Lipinski definition) is 2. The Morgan fingerprint density at radius 1 is 1.11 bits per heavy atom. The van der Waals surface area contributed by atoms with E-state index in [2.05, 4.69) is 10.6 Å². The second-order valence-corrected chi connectivity index (χ2v) is 6.73. The quantitative estimate of drug-likeness (QED) is 0.727. The van der Waals surface area contributed by atoms with Crippen LogP contribution >= 0.6 is 11.6 Å². The average molecular weight is 390 g/mol. The van der Waals surface area contributed by atoms with Crippen molar-refractivity contribution >= 4 is 29.1 Å². The number of anilines is 1. The van der Waals surface area contributed by atoms with Crippen LogP contribution in [-0.2, 0) is 9.59 Å². The van der Waals surface area contributed by atoms with Crippen LogP contribution in [0, 0.1) is 0 Å². The van der Waals surface area contributed by atoms with Gasteiger partial charge in [0.1, 0.15) is 5.75 Å². The molecule has 6 nitrogen and oxygen atoms in total. The Labute approximate surface area is 164 Å². The molecule has 7 heteroatoms. The van der Waals surface area contributed by atoms with E-state index < -0.39 is 0 Å². The van der Waals surface area contributed by atoms with Crippen LogP contribution in [-0.4, -0.2) is 44.0 Å². The van der Waals surface area contributed by atoms with E-state index in [-0.39, 0.29) is 30.9 Å². The standard InChI is InChI=1S/C20H24ClN3O3/c1-14(15-6-4-7-16(21)10-15)22-19(25)12-24(2)13-20(26)23-17-8-5-9-18(11-17)27-3/h4-11,14H,12-13H2,1-3H3,(H,22,25)(H,23,26). The maximum absolute atomic E-state index is 12.2. The van der Waals surface area contributed by atoms with Gasteiger partial charge in [-0.3, -0.25) is 14.5 Å². The Balaban J connectivity index is 1.80. The fraction of sp³-hybridized carbons (Fsp3) is 0.300. The van der Waals surface area contributed by atoms with Crippen molar-refractivity contribution in [1.82, 2.24) is 10.2 Å². The van der Waals surface area contributed by atoms with E-state index in [9.17, 15) is 9.59 Å². The van der Waals surface area contributed by atoms with Crippen molar-refractivity contribution in [2.45, 2.75) is 13.0 Å². The number of carbonyl (C=O) groups is 2. The van der Waals surface area contributed by atoms with Gasteiger partial charge in [-0.05, 0) is 43.8 Å². The molecule has 2 amide bonds. The van der Waals surface area contributed by atoms with Crippen LogP contribution in [0.1, 0.15) is 18.5 Å². The largest absolute Gasteiger partial charge is 0.497 e. The molecule has 0 radical (unpaired) electrons. The maximum Gasteiger partial charge on any atom is 0.238 e. The van der Waals surface area contributed by atoms with Crippen molar-refractivity contribution < 1.29 is 14.3 Å². The fourth-order valence-electron chi connectivity index (χ4n) is 2.59. The number of amides is 2. The SMILES string of the molecule is COc1cccc(NC(=O)CN(C)CC(=O)NC(C)c2cccc(Cl)c2)c1. The topological polar surface area (TPSA) is 70.7 Å². The van der Waals surface area contributed by atoms with Crippen molar-refractivity contribution in [1.29, 1.82) is 0 Å². The third kappa shape index (κ3) is 6.92. The molecular formula is C20H24ClN3O3. The lowest BCUT2D eigenvalue weighted by atomic mass is 10.1. The number of rotatable bonds is 8. The fourth-order valence-corrected chi connectivity index (χ4v) is 2.79. The molecule has 2 rings (SSSR count). The van der Waals surface area contributed by atoms with Gasteiger partial charge in [-0.2, -0.15) is 0 Å². The zero-order valence-corrected chi connectivity index (χ0v) is 16.4. The van der Waals surface area contributed by atoms with E-state index in [0.717, 1.165) is 5.56 Å². The summed E-state index contributed by atoms with van der Waals surface area (Å²) in [6, 6.07) is 14.3. The number of benzene rings is 2. The van der Waals surface area contributed by atoms with Crippen LogP contribution in [0.4, 0.5) is 5.69 Å². The Hall–Kier alpha value is -2.57. The van der Waals surface area contributed by atoms with Crippen molar-refractivity contribution in [2.24, 2.45) is 0 Å². The zero-order chi connectivity index (χ0) is 19.8. The minimum Gasteiger partial charge on any atom is -0.497 e. The van der Waals surface area contributed by atoms with E-state index in [4.69, 9.17) is 16.3 Å². The molecule has 1 unspecified atom stereocenters. The molecule has 27 heavy (non-hydrogen) atoms. The molecule has 0 aromatic heterocycles. The summed E-state index contributed by atoms with van der Waals surface area (Å²) < 4.78 is 5.13. The predicted octanol–water partition coefficient (Wildman–Crippen LogP) is 3.10. The molecular weight excluding hydrogens is 366 g/mol.